The molecule has 0 bridgehead atoms. The van der Waals surface area contributed by atoms with Crippen molar-refractivity contribution in [3.05, 3.63) is 52.6 Å². The van der Waals surface area contributed by atoms with E-state index in [1.807, 2.05) is 13.0 Å². The average Bonchev–Trinajstić information content (AvgIpc) is 3.21. The minimum Gasteiger partial charge on any atom is -0.372 e. The van der Waals surface area contributed by atoms with Crippen LogP contribution in [0.5, 0.6) is 0 Å². The van der Waals surface area contributed by atoms with Gasteiger partial charge < -0.3 is 4.90 Å². The SMILES string of the molecule is CC#C[C@]1(C(C)=O)CC[C@H]2[C@@H]3CCC4=CC(=O)CCC4=C3[C@@H](c3ccc(N4CCCCC4)cc3)C[C@@]21C. The van der Waals surface area contributed by atoms with Gasteiger partial charge in [-0.1, -0.05) is 30.6 Å². The zero-order valence-corrected chi connectivity index (χ0v) is 22.9. The molecule has 0 amide bonds. The number of piperidine rings is 1. The van der Waals surface area contributed by atoms with E-state index in [9.17, 15) is 9.59 Å². The Morgan fingerprint density at radius 3 is 2.49 bits per heavy atom. The molecule has 5 atom stereocenters. The van der Waals surface area contributed by atoms with Crippen molar-refractivity contribution in [3.63, 3.8) is 0 Å². The minimum atomic E-state index is -0.548. The first-order valence-electron chi connectivity index (χ1n) is 14.6. The second-order valence-electron chi connectivity index (χ2n) is 12.5. The van der Waals surface area contributed by atoms with Gasteiger partial charge in [-0.05, 0) is 124 Å². The van der Waals surface area contributed by atoms with Gasteiger partial charge in [0.15, 0.2) is 5.78 Å². The zero-order valence-electron chi connectivity index (χ0n) is 22.9. The molecule has 3 fully saturated rings. The van der Waals surface area contributed by atoms with Crippen LogP contribution >= 0.6 is 0 Å². The largest absolute Gasteiger partial charge is 0.372 e. The Morgan fingerprint density at radius 2 is 1.78 bits per heavy atom. The molecule has 194 valence electrons. The third-order valence-electron chi connectivity index (χ3n) is 10.9. The second-order valence-corrected chi connectivity index (χ2v) is 12.5. The average molecular weight is 496 g/mol. The van der Waals surface area contributed by atoms with Crippen LogP contribution in [0.1, 0.15) is 96.5 Å². The molecule has 3 heteroatoms. The van der Waals surface area contributed by atoms with Crippen LogP contribution in [0.4, 0.5) is 5.69 Å². The molecule has 0 N–H and O–H groups in total. The van der Waals surface area contributed by atoms with Crippen molar-refractivity contribution in [2.24, 2.45) is 22.7 Å². The van der Waals surface area contributed by atoms with Crippen molar-refractivity contribution in [3.8, 4) is 11.8 Å². The quantitative estimate of drug-likeness (QED) is 0.417. The Labute approximate surface area is 222 Å². The zero-order chi connectivity index (χ0) is 25.8. The van der Waals surface area contributed by atoms with Gasteiger partial charge in [-0.25, -0.2) is 0 Å². The van der Waals surface area contributed by atoms with E-state index in [1.54, 1.807) is 12.5 Å². The molecule has 1 saturated heterocycles. The van der Waals surface area contributed by atoms with E-state index in [2.05, 4.69) is 47.9 Å². The number of hydrogen-bond donors (Lipinski definition) is 0. The predicted octanol–water partition coefficient (Wildman–Crippen LogP) is 7.18. The summed E-state index contributed by atoms with van der Waals surface area (Å²) in [6.45, 7) is 8.37. The van der Waals surface area contributed by atoms with Gasteiger partial charge in [0.05, 0.1) is 5.41 Å². The minimum absolute atomic E-state index is 0.140. The van der Waals surface area contributed by atoms with E-state index in [0.717, 1.165) is 51.6 Å². The number of anilines is 1. The summed E-state index contributed by atoms with van der Waals surface area (Å²) in [4.78, 5) is 28.2. The first-order chi connectivity index (χ1) is 17.9. The van der Waals surface area contributed by atoms with Crippen molar-refractivity contribution >= 4 is 17.3 Å². The maximum Gasteiger partial charge on any atom is 0.156 e. The van der Waals surface area contributed by atoms with Gasteiger partial charge >= 0.3 is 0 Å². The first kappa shape index (κ1) is 24.7. The van der Waals surface area contributed by atoms with Gasteiger partial charge in [0, 0.05) is 31.1 Å². The smallest absolute Gasteiger partial charge is 0.156 e. The molecule has 1 aromatic carbocycles. The third-order valence-corrected chi connectivity index (χ3v) is 10.9. The number of allylic oxidation sites excluding steroid dienone is 4. The highest BCUT2D eigenvalue weighted by Crippen LogP contribution is 2.69. The van der Waals surface area contributed by atoms with E-state index in [-0.39, 0.29) is 22.9 Å². The fourth-order valence-electron chi connectivity index (χ4n) is 9.14. The van der Waals surface area contributed by atoms with Crippen LogP contribution in [0.15, 0.2) is 47.1 Å². The van der Waals surface area contributed by atoms with E-state index in [0.29, 0.717) is 18.3 Å². The normalized spacial score (nSPS) is 35.1. The number of carbonyl (C=O) groups excluding carboxylic acids is 2. The van der Waals surface area contributed by atoms with E-state index in [4.69, 9.17) is 0 Å². The van der Waals surface area contributed by atoms with Gasteiger partial charge in [0.2, 0.25) is 0 Å². The number of hydrogen-bond acceptors (Lipinski definition) is 3. The Hall–Kier alpha value is -2.60. The summed E-state index contributed by atoms with van der Waals surface area (Å²) >= 11 is 0. The summed E-state index contributed by atoms with van der Waals surface area (Å²) in [6.07, 6.45) is 12.4. The third kappa shape index (κ3) is 3.77. The number of rotatable bonds is 3. The molecule has 0 radical (unpaired) electrons. The highest BCUT2D eigenvalue weighted by atomic mass is 16.1. The maximum absolute atomic E-state index is 13.3. The van der Waals surface area contributed by atoms with Gasteiger partial charge in [-0.3, -0.25) is 9.59 Å². The summed E-state index contributed by atoms with van der Waals surface area (Å²) in [7, 11) is 0. The molecule has 1 heterocycles. The summed E-state index contributed by atoms with van der Waals surface area (Å²) < 4.78 is 0. The molecule has 0 unspecified atom stereocenters. The van der Waals surface area contributed by atoms with Gasteiger partial charge in [-0.2, -0.15) is 0 Å². The Bertz CT molecular complexity index is 1230. The van der Waals surface area contributed by atoms with Crippen molar-refractivity contribution in [2.75, 3.05) is 18.0 Å². The first-order valence-corrected chi connectivity index (χ1v) is 14.6. The second kappa shape index (κ2) is 9.30. The van der Waals surface area contributed by atoms with Gasteiger partial charge in [0.25, 0.3) is 0 Å². The number of Topliss-reactive ketones (excluding diaryl/α,β-unsaturated/α-hetero) is 1. The maximum atomic E-state index is 13.3. The van der Waals surface area contributed by atoms with Crippen molar-refractivity contribution in [1.82, 2.24) is 0 Å². The number of carbonyl (C=O) groups is 2. The lowest BCUT2D eigenvalue weighted by Crippen LogP contribution is -2.50. The van der Waals surface area contributed by atoms with Crippen molar-refractivity contribution < 1.29 is 9.59 Å². The van der Waals surface area contributed by atoms with Crippen LogP contribution < -0.4 is 4.90 Å². The van der Waals surface area contributed by atoms with E-state index < -0.39 is 5.41 Å². The summed E-state index contributed by atoms with van der Waals surface area (Å²) in [6, 6.07) is 9.39. The molecule has 1 aromatic rings. The van der Waals surface area contributed by atoms with E-state index >= 15 is 0 Å². The topological polar surface area (TPSA) is 37.4 Å². The summed E-state index contributed by atoms with van der Waals surface area (Å²) in [5.74, 6) is 8.45. The summed E-state index contributed by atoms with van der Waals surface area (Å²) in [5, 5.41) is 0. The van der Waals surface area contributed by atoms with Gasteiger partial charge in [-0.15, -0.1) is 5.92 Å². The fraction of sp³-hybridized carbons (Fsp3) is 0.588. The molecule has 37 heavy (non-hydrogen) atoms. The van der Waals surface area contributed by atoms with Crippen LogP contribution in [-0.4, -0.2) is 24.7 Å². The molecule has 1 aliphatic heterocycles. The number of ketones is 2. The highest BCUT2D eigenvalue weighted by Gasteiger charge is 2.64. The van der Waals surface area contributed by atoms with Crippen LogP contribution in [0.2, 0.25) is 0 Å². The lowest BCUT2D eigenvalue weighted by molar-refractivity contribution is -0.130. The molecule has 0 aromatic heterocycles. The molecule has 5 aliphatic rings. The number of nitrogens with zero attached hydrogens (tertiary/aromatic N) is 1. The van der Waals surface area contributed by atoms with E-state index in [1.165, 1.54) is 41.7 Å². The molecule has 4 aliphatic carbocycles. The number of benzene rings is 1. The number of fused-ring (bicyclic) bond motifs is 4. The molecular weight excluding hydrogens is 454 g/mol. The van der Waals surface area contributed by atoms with Crippen molar-refractivity contribution in [2.45, 2.75) is 90.9 Å². The highest BCUT2D eigenvalue weighted by molar-refractivity contribution is 5.93. The Kier molecular flexibility index (Phi) is 6.21. The molecular formula is C34H41NO2. The Morgan fingerprint density at radius 1 is 1.03 bits per heavy atom. The van der Waals surface area contributed by atoms with Crippen LogP contribution in [0, 0.1) is 34.5 Å². The lowest BCUT2D eigenvalue weighted by Gasteiger charge is -2.54. The fourth-order valence-corrected chi connectivity index (χ4v) is 9.14. The predicted molar refractivity (Wildman–Crippen MR) is 149 cm³/mol. The monoisotopic (exact) mass is 495 g/mol. The molecule has 0 spiro atoms. The van der Waals surface area contributed by atoms with Gasteiger partial charge in [0.1, 0.15) is 5.78 Å². The molecule has 6 rings (SSSR count). The summed E-state index contributed by atoms with van der Waals surface area (Å²) in [5.41, 5.74) is 6.39. The Balaban J connectivity index is 1.47. The van der Waals surface area contributed by atoms with Crippen LogP contribution in [0.3, 0.4) is 0 Å². The van der Waals surface area contributed by atoms with Crippen LogP contribution in [0.25, 0.3) is 0 Å². The van der Waals surface area contributed by atoms with Crippen molar-refractivity contribution in [1.29, 1.82) is 0 Å². The molecule has 3 nitrogen and oxygen atoms in total. The van der Waals surface area contributed by atoms with Crippen LogP contribution in [-0.2, 0) is 9.59 Å². The lowest BCUT2D eigenvalue weighted by atomic mass is 9.48. The molecule has 2 saturated carbocycles. The standard InChI is InChI=1S/C34H41NO2/c1-4-17-34(23(2)36)18-16-31-29-14-10-25-21-27(37)13-15-28(25)32(29)30(22-33(31,34)3)24-8-11-26(12-9-24)35-19-6-5-7-20-35/h8-9,11-12,21,29-31H,5-7,10,13-16,18-20,22H2,1-3H3/t29-,30+,31-,33-,34+/m0/s1.